The molecule has 1 atom stereocenters. The van der Waals surface area contributed by atoms with Crippen molar-refractivity contribution in [2.75, 3.05) is 17.4 Å². The summed E-state index contributed by atoms with van der Waals surface area (Å²) in [6.45, 7) is 5.82. The van der Waals surface area contributed by atoms with Gasteiger partial charge in [-0.25, -0.2) is 8.42 Å². The highest BCUT2D eigenvalue weighted by Crippen LogP contribution is 2.29. The molecule has 0 aliphatic carbocycles. The number of hydrogen-bond donors (Lipinski definition) is 1. The van der Waals surface area contributed by atoms with Crippen molar-refractivity contribution < 1.29 is 18.0 Å². The largest absolute Gasteiger partial charge is 0.354 e. The van der Waals surface area contributed by atoms with Crippen LogP contribution in [0.5, 0.6) is 0 Å². The lowest BCUT2D eigenvalue weighted by atomic mass is 10.1. The number of aryl methyl sites for hydroxylation is 1. The molecule has 3 aromatic rings. The molecule has 0 fully saturated rings. The minimum atomic E-state index is -4.12. The summed E-state index contributed by atoms with van der Waals surface area (Å²) in [5.74, 6) is -0.736. The fraction of sp³-hybridized carbons (Fsp3) is 0.333. The lowest BCUT2D eigenvalue weighted by Gasteiger charge is -2.33. The van der Waals surface area contributed by atoms with E-state index in [2.05, 4.69) is 5.32 Å². The molecule has 0 unspecified atom stereocenters. The molecular weight excluding hydrogens is 534 g/mol. The van der Waals surface area contributed by atoms with Gasteiger partial charge in [0.15, 0.2) is 0 Å². The highest BCUT2D eigenvalue weighted by molar-refractivity contribution is 7.92. The summed E-state index contributed by atoms with van der Waals surface area (Å²) < 4.78 is 28.9. The summed E-state index contributed by atoms with van der Waals surface area (Å²) >= 11 is 6.16. The van der Waals surface area contributed by atoms with Gasteiger partial charge in [-0.3, -0.25) is 13.9 Å². The number of carbonyl (C=O) groups excluding carboxylic acids is 2. The van der Waals surface area contributed by atoms with Gasteiger partial charge in [0.2, 0.25) is 11.8 Å². The number of nitrogens with one attached hydrogen (secondary N) is 1. The molecule has 39 heavy (non-hydrogen) atoms. The van der Waals surface area contributed by atoms with Crippen LogP contribution in [0.4, 0.5) is 5.69 Å². The van der Waals surface area contributed by atoms with E-state index in [0.29, 0.717) is 29.2 Å². The third-order valence-electron chi connectivity index (χ3n) is 6.45. The van der Waals surface area contributed by atoms with Crippen LogP contribution in [0.1, 0.15) is 44.2 Å². The molecule has 0 aliphatic heterocycles. The van der Waals surface area contributed by atoms with Crippen molar-refractivity contribution in [1.29, 1.82) is 0 Å². The fourth-order valence-corrected chi connectivity index (χ4v) is 6.06. The molecule has 208 valence electrons. The second kappa shape index (κ2) is 14.1. The van der Waals surface area contributed by atoms with E-state index < -0.39 is 28.5 Å². The predicted molar refractivity (Wildman–Crippen MR) is 156 cm³/mol. The first kappa shape index (κ1) is 30.2. The quantitative estimate of drug-likeness (QED) is 0.273. The number of hydrogen-bond acceptors (Lipinski definition) is 4. The van der Waals surface area contributed by atoms with Gasteiger partial charge in [-0.1, -0.05) is 80.4 Å². The van der Waals surface area contributed by atoms with Crippen molar-refractivity contribution in [3.8, 4) is 0 Å². The predicted octanol–water partition coefficient (Wildman–Crippen LogP) is 5.57. The summed E-state index contributed by atoms with van der Waals surface area (Å²) in [6, 6.07) is 21.4. The molecule has 2 amide bonds. The summed E-state index contributed by atoms with van der Waals surface area (Å²) in [4.78, 5) is 28.8. The Morgan fingerprint density at radius 1 is 0.949 bits per heavy atom. The van der Waals surface area contributed by atoms with Crippen LogP contribution in [0.25, 0.3) is 0 Å². The van der Waals surface area contributed by atoms with Gasteiger partial charge in [-0.15, -0.1) is 0 Å². The summed E-state index contributed by atoms with van der Waals surface area (Å²) in [7, 11) is -4.12. The van der Waals surface area contributed by atoms with Gasteiger partial charge in [0, 0.05) is 18.1 Å². The van der Waals surface area contributed by atoms with E-state index in [4.69, 9.17) is 11.6 Å². The second-order valence-electron chi connectivity index (χ2n) is 9.33. The molecule has 0 saturated carbocycles. The van der Waals surface area contributed by atoms with Crippen LogP contribution in [-0.2, 0) is 26.2 Å². The van der Waals surface area contributed by atoms with Crippen molar-refractivity contribution in [3.05, 3.63) is 95.0 Å². The summed E-state index contributed by atoms with van der Waals surface area (Å²) in [6.07, 6.45) is 2.13. The first-order chi connectivity index (χ1) is 18.7. The molecule has 1 N–H and O–H groups in total. The lowest BCUT2D eigenvalue weighted by molar-refractivity contribution is -0.140. The lowest BCUT2D eigenvalue weighted by Crippen LogP contribution is -2.52. The Bertz CT molecular complexity index is 1350. The molecule has 0 bridgehead atoms. The maximum Gasteiger partial charge on any atom is 0.264 e. The molecule has 0 aromatic heterocycles. The van der Waals surface area contributed by atoms with Crippen LogP contribution >= 0.6 is 11.6 Å². The number of amides is 2. The number of benzene rings is 3. The van der Waals surface area contributed by atoms with Gasteiger partial charge in [0.05, 0.1) is 10.6 Å². The van der Waals surface area contributed by atoms with E-state index >= 15 is 0 Å². The van der Waals surface area contributed by atoms with Gasteiger partial charge in [0.1, 0.15) is 12.6 Å². The monoisotopic (exact) mass is 569 g/mol. The van der Waals surface area contributed by atoms with Crippen LogP contribution in [0.3, 0.4) is 0 Å². The van der Waals surface area contributed by atoms with E-state index in [0.717, 1.165) is 22.7 Å². The van der Waals surface area contributed by atoms with Gasteiger partial charge in [0.25, 0.3) is 10.0 Å². The fourth-order valence-electron chi connectivity index (χ4n) is 4.34. The van der Waals surface area contributed by atoms with Crippen molar-refractivity contribution in [2.45, 2.75) is 57.5 Å². The van der Waals surface area contributed by atoms with E-state index in [1.165, 1.54) is 17.0 Å². The standard InChI is InChI=1S/C30H36ClN3O4S/c1-4-6-19-32-30(36)27(5-2)33(21-24-13-9-7-10-14-24)29(35)22-34(28-18-17-25(31)20-23(28)3)39(37,38)26-15-11-8-12-16-26/h7-18,20,27H,4-6,19,21-22H2,1-3H3,(H,32,36)/t27-/m0/s1. The molecule has 0 spiro atoms. The van der Waals surface area contributed by atoms with Crippen molar-refractivity contribution in [3.63, 3.8) is 0 Å². The van der Waals surface area contributed by atoms with Crippen LogP contribution < -0.4 is 9.62 Å². The van der Waals surface area contributed by atoms with E-state index in [1.54, 1.807) is 43.3 Å². The Morgan fingerprint density at radius 2 is 1.59 bits per heavy atom. The van der Waals surface area contributed by atoms with Gasteiger partial charge < -0.3 is 10.2 Å². The maximum absolute atomic E-state index is 14.0. The van der Waals surface area contributed by atoms with Crippen molar-refractivity contribution >= 4 is 39.1 Å². The number of sulfonamides is 1. The minimum absolute atomic E-state index is 0.0612. The molecule has 0 heterocycles. The average molecular weight is 570 g/mol. The van der Waals surface area contributed by atoms with Crippen LogP contribution in [0, 0.1) is 6.92 Å². The number of rotatable bonds is 13. The number of nitrogens with zero attached hydrogens (tertiary/aromatic N) is 2. The topological polar surface area (TPSA) is 86.8 Å². The maximum atomic E-state index is 14.0. The summed E-state index contributed by atoms with van der Waals surface area (Å²) in [5.41, 5.74) is 1.79. The molecule has 0 aliphatic rings. The number of unbranched alkanes of at least 4 members (excludes halogenated alkanes) is 1. The highest BCUT2D eigenvalue weighted by Gasteiger charge is 2.34. The Balaban J connectivity index is 2.04. The Labute approximate surface area is 236 Å². The van der Waals surface area contributed by atoms with E-state index in [9.17, 15) is 18.0 Å². The molecule has 3 aromatic carbocycles. The smallest absolute Gasteiger partial charge is 0.264 e. The number of anilines is 1. The Hall–Kier alpha value is -3.36. The average Bonchev–Trinajstić information content (AvgIpc) is 2.93. The number of carbonyl (C=O) groups is 2. The zero-order valence-electron chi connectivity index (χ0n) is 22.6. The normalized spacial score (nSPS) is 12.0. The molecule has 0 saturated heterocycles. The minimum Gasteiger partial charge on any atom is -0.354 e. The SMILES string of the molecule is CCCCNC(=O)[C@H](CC)N(Cc1ccccc1)C(=O)CN(c1ccc(Cl)cc1C)S(=O)(=O)c1ccccc1. The van der Waals surface area contributed by atoms with Gasteiger partial charge >= 0.3 is 0 Å². The van der Waals surface area contributed by atoms with Crippen molar-refractivity contribution in [1.82, 2.24) is 10.2 Å². The highest BCUT2D eigenvalue weighted by atomic mass is 35.5. The first-order valence-corrected chi connectivity index (χ1v) is 15.0. The molecule has 3 rings (SSSR count). The molecule has 7 nitrogen and oxygen atoms in total. The second-order valence-corrected chi connectivity index (χ2v) is 11.6. The molecular formula is C30H36ClN3O4S. The van der Waals surface area contributed by atoms with Gasteiger partial charge in [-0.2, -0.15) is 0 Å². The molecule has 0 radical (unpaired) electrons. The van der Waals surface area contributed by atoms with Crippen LogP contribution in [0.15, 0.2) is 83.8 Å². The summed E-state index contributed by atoms with van der Waals surface area (Å²) in [5, 5.41) is 3.39. The van der Waals surface area contributed by atoms with Crippen molar-refractivity contribution in [2.24, 2.45) is 0 Å². The van der Waals surface area contributed by atoms with Gasteiger partial charge in [-0.05, 0) is 61.2 Å². The van der Waals surface area contributed by atoms with E-state index in [-0.39, 0.29) is 17.3 Å². The van der Waals surface area contributed by atoms with Crippen LogP contribution in [0.2, 0.25) is 5.02 Å². The third-order valence-corrected chi connectivity index (χ3v) is 8.46. The van der Waals surface area contributed by atoms with Crippen LogP contribution in [-0.4, -0.2) is 44.3 Å². The number of halogens is 1. The third kappa shape index (κ3) is 7.83. The molecule has 9 heteroatoms. The zero-order chi connectivity index (χ0) is 28.4. The Morgan fingerprint density at radius 3 is 2.18 bits per heavy atom. The Kier molecular flexibility index (Phi) is 10.9. The van der Waals surface area contributed by atoms with E-state index in [1.807, 2.05) is 44.2 Å². The first-order valence-electron chi connectivity index (χ1n) is 13.1. The zero-order valence-corrected chi connectivity index (χ0v) is 24.2.